The van der Waals surface area contributed by atoms with E-state index in [1.807, 2.05) is 6.07 Å². The van der Waals surface area contributed by atoms with Crippen molar-refractivity contribution in [3.05, 3.63) is 124 Å². The minimum absolute atomic E-state index is 0.723. The van der Waals surface area contributed by atoms with E-state index in [-0.39, 0.29) is 0 Å². The van der Waals surface area contributed by atoms with Crippen LogP contribution in [0.3, 0.4) is 0 Å². The van der Waals surface area contributed by atoms with Gasteiger partial charge in [0, 0.05) is 34.0 Å². The maximum absolute atomic E-state index is 6.70. The molecule has 0 aliphatic heterocycles. The zero-order chi connectivity index (χ0) is 25.4. The van der Waals surface area contributed by atoms with Crippen LogP contribution in [0.5, 0.6) is 0 Å². The molecule has 5 heteroatoms. The summed E-state index contributed by atoms with van der Waals surface area (Å²) in [6, 6.07) is 28.2. The van der Waals surface area contributed by atoms with Crippen LogP contribution in [-0.2, 0) is 12.8 Å². The first-order valence-corrected chi connectivity index (χ1v) is 15.5. The lowest BCUT2D eigenvalue weighted by Crippen LogP contribution is -1.97. The zero-order valence-corrected chi connectivity index (χ0v) is 26.4. The van der Waals surface area contributed by atoms with Crippen LogP contribution in [0.15, 0.2) is 96.8 Å². The fourth-order valence-corrected chi connectivity index (χ4v) is 8.09. The van der Waals surface area contributed by atoms with Gasteiger partial charge in [0.25, 0.3) is 0 Å². The van der Waals surface area contributed by atoms with E-state index < -0.39 is 0 Å². The van der Waals surface area contributed by atoms with E-state index in [1.54, 1.807) is 0 Å². The Morgan fingerprint density at radius 3 is 1.51 bits per heavy atom. The molecular formula is C32H17Br4Cl. The molecule has 0 N–H and O–H groups in total. The largest absolute Gasteiger partial charge is 0.0843 e. The molecule has 5 aromatic rings. The van der Waals surface area contributed by atoms with E-state index in [0.29, 0.717) is 0 Å². The number of benzene rings is 5. The van der Waals surface area contributed by atoms with Crippen LogP contribution in [0.4, 0.5) is 0 Å². The number of halogens is 5. The van der Waals surface area contributed by atoms with Crippen LogP contribution in [0, 0.1) is 0 Å². The Balaban J connectivity index is 1.54. The highest BCUT2D eigenvalue weighted by molar-refractivity contribution is 9.13. The topological polar surface area (TPSA) is 0 Å². The van der Waals surface area contributed by atoms with Crippen molar-refractivity contribution in [2.45, 2.75) is 12.8 Å². The smallest absolute Gasteiger partial charge is 0.0412 e. The van der Waals surface area contributed by atoms with Crippen molar-refractivity contribution in [3.8, 4) is 44.5 Å². The van der Waals surface area contributed by atoms with E-state index in [9.17, 15) is 0 Å². The fraction of sp³-hybridized carbons (Fsp3) is 0.0625. The maximum Gasteiger partial charge on any atom is 0.0412 e. The molecule has 7 rings (SSSR count). The standard InChI is InChI=1S/C32H17Br4Cl/c33-27-14-22-19-7-3-1-5-16(19)11-24(22)29(31(27)35)21-10-9-18(37)13-26(21)30-25-12-17-6-2-4-8-20(17)23(25)15-28(34)32(30)36/h1-10,13-15H,11-12H2. The summed E-state index contributed by atoms with van der Waals surface area (Å²) in [4.78, 5) is 0. The summed E-state index contributed by atoms with van der Waals surface area (Å²) >= 11 is 22.3. The van der Waals surface area contributed by atoms with Crippen molar-refractivity contribution in [3.63, 3.8) is 0 Å². The van der Waals surface area contributed by atoms with Gasteiger partial charge >= 0.3 is 0 Å². The van der Waals surface area contributed by atoms with Crippen LogP contribution in [0.25, 0.3) is 44.5 Å². The highest BCUT2D eigenvalue weighted by atomic mass is 79.9. The molecule has 0 saturated heterocycles. The summed E-state index contributed by atoms with van der Waals surface area (Å²) in [6.07, 6.45) is 1.79. The molecule has 37 heavy (non-hydrogen) atoms. The average Bonchev–Trinajstić information content (AvgIpc) is 3.44. The van der Waals surface area contributed by atoms with Gasteiger partial charge in [0.05, 0.1) is 0 Å². The van der Waals surface area contributed by atoms with Crippen molar-refractivity contribution in [1.82, 2.24) is 0 Å². The van der Waals surface area contributed by atoms with Gasteiger partial charge in [-0.15, -0.1) is 0 Å². The molecule has 0 radical (unpaired) electrons. The Kier molecular flexibility index (Phi) is 6.06. The van der Waals surface area contributed by atoms with Gasteiger partial charge in [-0.2, -0.15) is 0 Å². The predicted molar refractivity (Wildman–Crippen MR) is 170 cm³/mol. The second kappa shape index (κ2) is 9.20. The predicted octanol–water partition coefficient (Wildman–Crippen LogP) is 11.9. The number of rotatable bonds is 2. The Morgan fingerprint density at radius 2 is 0.973 bits per heavy atom. The molecule has 0 fully saturated rings. The molecule has 5 aromatic carbocycles. The molecule has 2 aliphatic carbocycles. The summed E-state index contributed by atoms with van der Waals surface area (Å²) in [5, 5.41) is 0.723. The summed E-state index contributed by atoms with van der Waals surface area (Å²) in [5.41, 5.74) is 15.2. The summed E-state index contributed by atoms with van der Waals surface area (Å²) in [7, 11) is 0. The van der Waals surface area contributed by atoms with Crippen LogP contribution < -0.4 is 0 Å². The van der Waals surface area contributed by atoms with Gasteiger partial charge < -0.3 is 0 Å². The van der Waals surface area contributed by atoms with Gasteiger partial charge in [-0.1, -0.05) is 66.2 Å². The van der Waals surface area contributed by atoms with Crippen molar-refractivity contribution in [2.75, 3.05) is 0 Å². The third-order valence-electron chi connectivity index (χ3n) is 7.52. The Hall–Kier alpha value is -1.69. The van der Waals surface area contributed by atoms with Crippen LogP contribution in [0.1, 0.15) is 22.3 Å². The Labute approximate surface area is 254 Å². The van der Waals surface area contributed by atoms with Crippen molar-refractivity contribution in [2.24, 2.45) is 0 Å². The van der Waals surface area contributed by atoms with Gasteiger partial charge in [-0.25, -0.2) is 0 Å². The quantitative estimate of drug-likeness (QED) is 0.165. The van der Waals surface area contributed by atoms with E-state index in [4.69, 9.17) is 11.6 Å². The second-order valence-corrected chi connectivity index (χ2v) is 13.2. The van der Waals surface area contributed by atoms with Gasteiger partial charge in [0.2, 0.25) is 0 Å². The fourth-order valence-electron chi connectivity index (χ4n) is 5.93. The molecule has 0 atom stereocenters. The van der Waals surface area contributed by atoms with Crippen LogP contribution >= 0.6 is 75.3 Å². The third kappa shape index (κ3) is 3.78. The van der Waals surface area contributed by atoms with Crippen LogP contribution in [0.2, 0.25) is 5.02 Å². The highest BCUT2D eigenvalue weighted by Crippen LogP contribution is 2.53. The van der Waals surface area contributed by atoms with E-state index in [0.717, 1.165) is 41.3 Å². The summed E-state index contributed by atoms with van der Waals surface area (Å²) in [6.45, 7) is 0. The molecule has 0 saturated carbocycles. The molecule has 0 amide bonds. The third-order valence-corrected chi connectivity index (χ3v) is 11.7. The number of hydrogen-bond donors (Lipinski definition) is 0. The minimum atomic E-state index is 0.723. The molecule has 0 nitrogen and oxygen atoms in total. The van der Waals surface area contributed by atoms with E-state index in [2.05, 4.69) is 137 Å². The van der Waals surface area contributed by atoms with E-state index in [1.165, 1.54) is 61.2 Å². The molecule has 0 unspecified atom stereocenters. The normalized spacial score (nSPS) is 12.8. The van der Waals surface area contributed by atoms with Crippen molar-refractivity contribution < 1.29 is 0 Å². The molecule has 0 spiro atoms. The van der Waals surface area contributed by atoms with Gasteiger partial charge in [-0.3, -0.25) is 0 Å². The second-order valence-electron chi connectivity index (χ2n) is 9.50. The molecular weight excluding hydrogens is 739 g/mol. The van der Waals surface area contributed by atoms with Crippen molar-refractivity contribution in [1.29, 1.82) is 0 Å². The highest BCUT2D eigenvalue weighted by Gasteiger charge is 2.30. The van der Waals surface area contributed by atoms with Gasteiger partial charge in [0.1, 0.15) is 0 Å². The van der Waals surface area contributed by atoms with Crippen molar-refractivity contribution >= 4 is 75.3 Å². The summed E-state index contributed by atoms with van der Waals surface area (Å²) < 4.78 is 4.20. The SMILES string of the molecule is Clc1ccc(-c2c(Br)c(Br)cc3c2Cc2ccccc2-3)c(-c2c(Br)c(Br)cc3c2Cc2ccccc2-3)c1. The number of fused-ring (bicyclic) bond motifs is 6. The lowest BCUT2D eigenvalue weighted by atomic mass is 9.87. The first kappa shape index (κ1) is 24.4. The summed E-state index contributed by atoms with van der Waals surface area (Å²) in [5.74, 6) is 0. The molecule has 2 aliphatic rings. The Bertz CT molecular complexity index is 1790. The monoisotopic (exact) mass is 752 g/mol. The molecule has 0 bridgehead atoms. The zero-order valence-electron chi connectivity index (χ0n) is 19.3. The average molecular weight is 757 g/mol. The number of hydrogen-bond acceptors (Lipinski definition) is 0. The molecule has 180 valence electrons. The lowest BCUT2D eigenvalue weighted by molar-refractivity contribution is 1.25. The first-order valence-electron chi connectivity index (χ1n) is 11.9. The first-order chi connectivity index (χ1) is 17.9. The van der Waals surface area contributed by atoms with E-state index >= 15 is 0 Å². The van der Waals surface area contributed by atoms with Gasteiger partial charge in [-0.05, 0) is 156 Å². The maximum atomic E-state index is 6.70. The molecule has 0 heterocycles. The lowest BCUT2D eigenvalue weighted by Gasteiger charge is -2.21. The minimum Gasteiger partial charge on any atom is -0.0843 e. The Morgan fingerprint density at radius 1 is 0.486 bits per heavy atom. The van der Waals surface area contributed by atoms with Crippen LogP contribution in [-0.4, -0.2) is 0 Å². The van der Waals surface area contributed by atoms with Gasteiger partial charge in [0.15, 0.2) is 0 Å². The molecule has 0 aromatic heterocycles.